The zero-order valence-electron chi connectivity index (χ0n) is 12.8. The molecule has 3 heteroatoms. The van der Waals surface area contributed by atoms with Crippen molar-refractivity contribution in [2.45, 2.75) is 44.9 Å². The normalized spacial score (nSPS) is 44.6. The van der Waals surface area contributed by atoms with E-state index in [1.807, 2.05) is 0 Å². The van der Waals surface area contributed by atoms with Crippen LogP contribution in [0.3, 0.4) is 0 Å². The molecule has 112 valence electrons. The van der Waals surface area contributed by atoms with Crippen molar-refractivity contribution in [1.82, 2.24) is 9.80 Å². The van der Waals surface area contributed by atoms with Crippen molar-refractivity contribution in [1.29, 1.82) is 0 Å². The Labute approximate surface area is 122 Å². The molecule has 2 unspecified atom stereocenters. The molecule has 3 nitrogen and oxygen atoms in total. The van der Waals surface area contributed by atoms with Gasteiger partial charge in [0.25, 0.3) is 0 Å². The van der Waals surface area contributed by atoms with Crippen LogP contribution >= 0.6 is 0 Å². The molecule has 5 aliphatic rings. The van der Waals surface area contributed by atoms with Crippen molar-refractivity contribution in [3.05, 3.63) is 0 Å². The molecule has 0 N–H and O–H groups in total. The van der Waals surface area contributed by atoms with Gasteiger partial charge in [0.2, 0.25) is 5.91 Å². The van der Waals surface area contributed by atoms with Crippen LogP contribution in [0, 0.1) is 23.2 Å². The number of piperazine rings is 1. The van der Waals surface area contributed by atoms with Crippen molar-refractivity contribution in [3.63, 3.8) is 0 Å². The smallest absolute Gasteiger partial charge is 0.228 e. The molecule has 1 aliphatic heterocycles. The summed E-state index contributed by atoms with van der Waals surface area (Å²) in [5, 5.41) is 0. The highest BCUT2D eigenvalue weighted by Crippen LogP contribution is 2.58. The van der Waals surface area contributed by atoms with Gasteiger partial charge in [-0.05, 0) is 56.9 Å². The zero-order chi connectivity index (χ0) is 13.7. The first kappa shape index (κ1) is 13.1. The van der Waals surface area contributed by atoms with Gasteiger partial charge in [0.15, 0.2) is 0 Å². The number of likely N-dealkylation sites (N-methyl/N-ethyl adjacent to an activating group) is 1. The van der Waals surface area contributed by atoms with Gasteiger partial charge in [-0.25, -0.2) is 0 Å². The number of hydrogen-bond acceptors (Lipinski definition) is 2. The van der Waals surface area contributed by atoms with Crippen LogP contribution in [-0.4, -0.2) is 48.9 Å². The van der Waals surface area contributed by atoms with Crippen molar-refractivity contribution in [3.8, 4) is 0 Å². The van der Waals surface area contributed by atoms with Gasteiger partial charge in [-0.3, -0.25) is 4.79 Å². The largest absolute Gasteiger partial charge is 0.340 e. The monoisotopic (exact) mass is 276 g/mol. The summed E-state index contributed by atoms with van der Waals surface area (Å²) in [6.45, 7) is 4.02. The third-order valence-electron chi connectivity index (χ3n) is 6.60. The van der Waals surface area contributed by atoms with Gasteiger partial charge in [-0.1, -0.05) is 12.8 Å². The number of hydrogen-bond donors (Lipinski definition) is 0. The maximum atomic E-state index is 13.2. The molecule has 1 amide bonds. The molecule has 2 atom stereocenters. The van der Waals surface area contributed by atoms with Gasteiger partial charge in [-0.15, -0.1) is 0 Å². The molecular weight excluding hydrogens is 248 g/mol. The molecule has 0 radical (unpaired) electrons. The molecule has 0 aromatic carbocycles. The van der Waals surface area contributed by atoms with Crippen LogP contribution in [0.15, 0.2) is 0 Å². The molecule has 0 spiro atoms. The predicted octanol–water partition coefficient (Wildman–Crippen LogP) is 2.37. The van der Waals surface area contributed by atoms with E-state index < -0.39 is 0 Å². The van der Waals surface area contributed by atoms with E-state index in [1.54, 1.807) is 0 Å². The summed E-state index contributed by atoms with van der Waals surface area (Å²) >= 11 is 0. The third kappa shape index (κ3) is 2.09. The standard InChI is InChI=1S/C17H28N2O/c1-18-4-6-19(7-5-18)16(20)17-10-13-2-3-14(11-17)9-15(8-13)12-17/h13-15H,2-12H2,1H3. The number of fused-ring (bicyclic) bond motifs is 1. The first-order valence-corrected chi connectivity index (χ1v) is 8.62. The molecule has 20 heavy (non-hydrogen) atoms. The topological polar surface area (TPSA) is 23.6 Å². The molecule has 0 aromatic heterocycles. The molecule has 5 rings (SSSR count). The Morgan fingerprint density at radius 3 is 2.05 bits per heavy atom. The molecule has 0 aromatic rings. The number of rotatable bonds is 1. The van der Waals surface area contributed by atoms with Crippen LogP contribution in [0.2, 0.25) is 0 Å². The fraction of sp³-hybridized carbons (Fsp3) is 0.941. The van der Waals surface area contributed by atoms with Crippen LogP contribution in [-0.2, 0) is 4.79 Å². The van der Waals surface area contributed by atoms with Gasteiger partial charge in [0, 0.05) is 26.2 Å². The molecule has 1 saturated heterocycles. The van der Waals surface area contributed by atoms with Crippen molar-refractivity contribution in [2.24, 2.45) is 23.2 Å². The fourth-order valence-corrected chi connectivity index (χ4v) is 5.80. The summed E-state index contributed by atoms with van der Waals surface area (Å²) in [6, 6.07) is 0. The Kier molecular flexibility index (Phi) is 3.10. The van der Waals surface area contributed by atoms with Gasteiger partial charge < -0.3 is 9.80 Å². The maximum absolute atomic E-state index is 13.2. The van der Waals surface area contributed by atoms with Crippen LogP contribution in [0.4, 0.5) is 0 Å². The Hall–Kier alpha value is -0.570. The van der Waals surface area contributed by atoms with E-state index in [-0.39, 0.29) is 5.41 Å². The molecule has 4 bridgehead atoms. The number of nitrogens with zero attached hydrogens (tertiary/aromatic N) is 2. The summed E-state index contributed by atoms with van der Waals surface area (Å²) < 4.78 is 0. The van der Waals surface area contributed by atoms with E-state index in [2.05, 4.69) is 16.8 Å². The summed E-state index contributed by atoms with van der Waals surface area (Å²) in [4.78, 5) is 17.8. The van der Waals surface area contributed by atoms with E-state index in [9.17, 15) is 4.79 Å². The highest BCUT2D eigenvalue weighted by atomic mass is 16.2. The maximum Gasteiger partial charge on any atom is 0.228 e. The SMILES string of the molecule is CN1CCN(C(=O)C23CC4CCC(CC(C4)C2)C3)CC1. The number of carbonyl (C=O) groups excluding carboxylic acids is 1. The average molecular weight is 276 g/mol. The number of carbonyl (C=O) groups is 1. The first-order chi connectivity index (χ1) is 9.64. The quantitative estimate of drug-likeness (QED) is 0.734. The summed E-state index contributed by atoms with van der Waals surface area (Å²) in [5.41, 5.74) is 0.0584. The summed E-state index contributed by atoms with van der Waals surface area (Å²) in [7, 11) is 2.16. The minimum Gasteiger partial charge on any atom is -0.340 e. The van der Waals surface area contributed by atoms with Gasteiger partial charge >= 0.3 is 0 Å². The molecule has 4 saturated carbocycles. The van der Waals surface area contributed by atoms with Crippen LogP contribution in [0.25, 0.3) is 0 Å². The Morgan fingerprint density at radius 1 is 0.900 bits per heavy atom. The van der Waals surface area contributed by atoms with E-state index in [0.717, 1.165) is 43.9 Å². The highest BCUT2D eigenvalue weighted by Gasteiger charge is 2.53. The van der Waals surface area contributed by atoms with Crippen molar-refractivity contribution < 1.29 is 4.79 Å². The predicted molar refractivity (Wildman–Crippen MR) is 79.3 cm³/mol. The van der Waals surface area contributed by atoms with E-state index >= 15 is 0 Å². The fourth-order valence-electron chi connectivity index (χ4n) is 5.80. The Bertz CT molecular complexity index is 384. The lowest BCUT2D eigenvalue weighted by Crippen LogP contribution is -2.55. The van der Waals surface area contributed by atoms with Crippen LogP contribution in [0.1, 0.15) is 44.9 Å². The first-order valence-electron chi connectivity index (χ1n) is 8.62. The lowest BCUT2D eigenvalue weighted by atomic mass is 9.58. The van der Waals surface area contributed by atoms with E-state index in [0.29, 0.717) is 5.91 Å². The highest BCUT2D eigenvalue weighted by molar-refractivity contribution is 5.83. The average Bonchev–Trinajstić information content (AvgIpc) is 2.65. The second-order valence-electron chi connectivity index (χ2n) is 8.14. The second kappa shape index (κ2) is 4.72. The summed E-state index contributed by atoms with van der Waals surface area (Å²) in [5.74, 6) is 3.12. The molecule has 1 heterocycles. The van der Waals surface area contributed by atoms with Crippen molar-refractivity contribution >= 4 is 5.91 Å². The lowest BCUT2D eigenvalue weighted by molar-refractivity contribution is -0.151. The van der Waals surface area contributed by atoms with Crippen LogP contribution < -0.4 is 0 Å². The second-order valence-corrected chi connectivity index (χ2v) is 8.14. The Morgan fingerprint density at radius 2 is 1.45 bits per heavy atom. The lowest BCUT2D eigenvalue weighted by Gasteiger charge is -2.49. The van der Waals surface area contributed by atoms with Crippen molar-refractivity contribution in [2.75, 3.05) is 33.2 Å². The molecular formula is C17H28N2O. The van der Waals surface area contributed by atoms with Gasteiger partial charge in [0.05, 0.1) is 5.41 Å². The van der Waals surface area contributed by atoms with Gasteiger partial charge in [-0.2, -0.15) is 0 Å². The minimum absolute atomic E-state index is 0.0584. The van der Waals surface area contributed by atoms with E-state index in [4.69, 9.17) is 0 Å². The Balaban J connectivity index is 1.56. The van der Waals surface area contributed by atoms with Gasteiger partial charge in [0.1, 0.15) is 0 Å². The summed E-state index contributed by atoms with van der Waals surface area (Å²) in [6.07, 6.45) is 9.29. The van der Waals surface area contributed by atoms with Crippen LogP contribution in [0.5, 0.6) is 0 Å². The number of amides is 1. The zero-order valence-corrected chi connectivity index (χ0v) is 12.8. The minimum atomic E-state index is 0.0584. The molecule has 4 aliphatic carbocycles. The third-order valence-corrected chi connectivity index (χ3v) is 6.60. The molecule has 5 fully saturated rings. The van der Waals surface area contributed by atoms with E-state index in [1.165, 1.54) is 44.9 Å².